The average Bonchev–Trinajstić information content (AvgIpc) is 3.43. The number of hydrogen-bond donors (Lipinski definition) is 3. The monoisotopic (exact) mass is 361 g/mol. The van der Waals surface area contributed by atoms with Gasteiger partial charge in [-0.1, -0.05) is 42.5 Å². The minimum atomic E-state index is -0.177. The Morgan fingerprint density at radius 1 is 1.08 bits per heavy atom. The number of carbonyl (C=O) groups excluding carboxylic acids is 2. The van der Waals surface area contributed by atoms with E-state index in [0.717, 1.165) is 29.2 Å². The quantitative estimate of drug-likeness (QED) is 0.702. The number of amides is 2. The van der Waals surface area contributed by atoms with Gasteiger partial charge in [-0.25, -0.2) is 0 Å². The topological polar surface area (TPSA) is 84.2 Å². The summed E-state index contributed by atoms with van der Waals surface area (Å²) < 4.78 is 0. The van der Waals surface area contributed by atoms with Crippen LogP contribution in [-0.4, -0.2) is 30.9 Å². The molecule has 1 aliphatic carbocycles. The van der Waals surface area contributed by atoms with Crippen molar-refractivity contribution >= 4 is 35.0 Å². The van der Waals surface area contributed by atoms with Crippen LogP contribution in [0.1, 0.15) is 18.4 Å². The normalized spacial score (nSPS) is 14.4. The predicted octanol–water partition coefficient (Wildman–Crippen LogP) is 1.77. The predicted molar refractivity (Wildman–Crippen MR) is 102 cm³/mol. The SMILES string of the molecule is Cl.NCC(NC(=O)CNC(=O)Cc1cccc2ccccc12)C1CC1. The van der Waals surface area contributed by atoms with E-state index in [1.54, 1.807) is 0 Å². The lowest BCUT2D eigenvalue weighted by atomic mass is 10.0. The average molecular weight is 362 g/mol. The second-order valence-electron chi connectivity index (χ2n) is 6.34. The fourth-order valence-electron chi connectivity index (χ4n) is 2.99. The molecule has 0 aromatic heterocycles. The van der Waals surface area contributed by atoms with E-state index in [4.69, 9.17) is 5.73 Å². The van der Waals surface area contributed by atoms with E-state index in [1.807, 2.05) is 42.5 Å². The standard InChI is InChI=1S/C19H23N3O2.ClH/c20-11-17(14-8-9-14)22-19(24)12-21-18(23)10-15-6-3-5-13-4-1-2-7-16(13)15;/h1-7,14,17H,8-12,20H2,(H,21,23)(H,22,24);1H. The summed E-state index contributed by atoms with van der Waals surface area (Å²) in [4.78, 5) is 24.1. The summed E-state index contributed by atoms with van der Waals surface area (Å²) >= 11 is 0. The molecule has 3 rings (SSSR count). The van der Waals surface area contributed by atoms with Crippen LogP contribution in [0.5, 0.6) is 0 Å². The van der Waals surface area contributed by atoms with E-state index < -0.39 is 0 Å². The Bertz CT molecular complexity index is 741. The van der Waals surface area contributed by atoms with Crippen LogP contribution in [-0.2, 0) is 16.0 Å². The maximum atomic E-state index is 12.1. The van der Waals surface area contributed by atoms with Gasteiger partial charge >= 0.3 is 0 Å². The van der Waals surface area contributed by atoms with Gasteiger partial charge < -0.3 is 16.4 Å². The summed E-state index contributed by atoms with van der Waals surface area (Å²) in [5, 5.41) is 7.76. The summed E-state index contributed by atoms with van der Waals surface area (Å²) in [7, 11) is 0. The van der Waals surface area contributed by atoms with Crippen molar-refractivity contribution < 1.29 is 9.59 Å². The maximum Gasteiger partial charge on any atom is 0.239 e. The van der Waals surface area contributed by atoms with Crippen molar-refractivity contribution in [2.45, 2.75) is 25.3 Å². The molecule has 1 unspecified atom stereocenters. The van der Waals surface area contributed by atoms with Crippen LogP contribution in [0.25, 0.3) is 10.8 Å². The summed E-state index contributed by atoms with van der Waals surface area (Å²) in [6.45, 7) is 0.438. The molecule has 1 saturated carbocycles. The number of benzene rings is 2. The first-order chi connectivity index (χ1) is 11.7. The Balaban J connectivity index is 0.00000225. The lowest BCUT2D eigenvalue weighted by Crippen LogP contribution is -2.46. The number of carbonyl (C=O) groups is 2. The zero-order chi connectivity index (χ0) is 16.9. The minimum Gasteiger partial charge on any atom is -0.350 e. The van der Waals surface area contributed by atoms with Gasteiger partial charge in [0.1, 0.15) is 0 Å². The van der Waals surface area contributed by atoms with Gasteiger partial charge in [-0.05, 0) is 35.1 Å². The third-order valence-corrected chi connectivity index (χ3v) is 4.47. The van der Waals surface area contributed by atoms with Crippen molar-refractivity contribution in [2.75, 3.05) is 13.1 Å². The summed E-state index contributed by atoms with van der Waals surface area (Å²) in [5.74, 6) is 0.172. The van der Waals surface area contributed by atoms with Gasteiger partial charge in [0.25, 0.3) is 0 Å². The van der Waals surface area contributed by atoms with Crippen molar-refractivity contribution in [2.24, 2.45) is 11.7 Å². The Hall–Kier alpha value is -2.11. The molecule has 0 radical (unpaired) electrons. The Kier molecular flexibility index (Phi) is 6.79. The van der Waals surface area contributed by atoms with E-state index >= 15 is 0 Å². The molecular formula is C19H24ClN3O2. The molecule has 5 nitrogen and oxygen atoms in total. The Morgan fingerprint density at radius 2 is 1.80 bits per heavy atom. The number of fused-ring (bicyclic) bond motifs is 1. The van der Waals surface area contributed by atoms with Crippen LogP contribution in [0, 0.1) is 5.92 Å². The highest BCUT2D eigenvalue weighted by Crippen LogP contribution is 2.32. The number of halogens is 1. The summed E-state index contributed by atoms with van der Waals surface area (Å²) in [6, 6.07) is 13.9. The van der Waals surface area contributed by atoms with Gasteiger partial charge in [0.2, 0.25) is 11.8 Å². The molecule has 134 valence electrons. The van der Waals surface area contributed by atoms with E-state index in [-0.39, 0.29) is 43.2 Å². The number of hydrogen-bond acceptors (Lipinski definition) is 3. The molecule has 2 aromatic carbocycles. The highest BCUT2D eigenvalue weighted by atomic mass is 35.5. The maximum absolute atomic E-state index is 12.1. The van der Waals surface area contributed by atoms with E-state index in [9.17, 15) is 9.59 Å². The Labute approximate surface area is 153 Å². The number of nitrogens with two attached hydrogens (primary N) is 1. The molecule has 2 aromatic rings. The van der Waals surface area contributed by atoms with E-state index in [2.05, 4.69) is 10.6 Å². The first kappa shape index (κ1) is 19.2. The lowest BCUT2D eigenvalue weighted by Gasteiger charge is -2.16. The second-order valence-corrected chi connectivity index (χ2v) is 6.34. The zero-order valence-electron chi connectivity index (χ0n) is 14.0. The lowest BCUT2D eigenvalue weighted by molar-refractivity contribution is -0.126. The molecule has 0 spiro atoms. The largest absolute Gasteiger partial charge is 0.350 e. The van der Waals surface area contributed by atoms with Gasteiger partial charge in [-0.2, -0.15) is 0 Å². The van der Waals surface area contributed by atoms with Crippen molar-refractivity contribution in [1.29, 1.82) is 0 Å². The van der Waals surface area contributed by atoms with Crippen LogP contribution in [0.2, 0.25) is 0 Å². The van der Waals surface area contributed by atoms with Crippen molar-refractivity contribution in [3.63, 3.8) is 0 Å². The Morgan fingerprint density at radius 3 is 2.52 bits per heavy atom. The molecule has 1 atom stereocenters. The second kappa shape index (κ2) is 8.83. The van der Waals surface area contributed by atoms with Crippen LogP contribution < -0.4 is 16.4 Å². The van der Waals surface area contributed by atoms with Gasteiger partial charge in [0, 0.05) is 12.6 Å². The smallest absolute Gasteiger partial charge is 0.239 e. The van der Waals surface area contributed by atoms with Gasteiger partial charge in [0.15, 0.2) is 0 Å². The van der Waals surface area contributed by atoms with Crippen molar-refractivity contribution in [3.8, 4) is 0 Å². The third kappa shape index (κ3) is 5.18. The van der Waals surface area contributed by atoms with Gasteiger partial charge in [0.05, 0.1) is 13.0 Å². The third-order valence-electron chi connectivity index (χ3n) is 4.47. The molecule has 2 amide bonds. The summed E-state index contributed by atoms with van der Waals surface area (Å²) in [5.41, 5.74) is 6.63. The molecule has 6 heteroatoms. The van der Waals surface area contributed by atoms with E-state index in [1.165, 1.54) is 0 Å². The van der Waals surface area contributed by atoms with E-state index in [0.29, 0.717) is 12.5 Å². The summed E-state index contributed by atoms with van der Waals surface area (Å²) in [6.07, 6.45) is 2.50. The minimum absolute atomic E-state index is 0. The molecular weight excluding hydrogens is 338 g/mol. The number of nitrogens with one attached hydrogen (secondary N) is 2. The first-order valence-electron chi connectivity index (χ1n) is 8.40. The zero-order valence-corrected chi connectivity index (χ0v) is 14.9. The van der Waals surface area contributed by atoms with Crippen molar-refractivity contribution in [1.82, 2.24) is 10.6 Å². The van der Waals surface area contributed by atoms with Gasteiger partial charge in [-0.3, -0.25) is 9.59 Å². The molecule has 25 heavy (non-hydrogen) atoms. The van der Waals surface area contributed by atoms with Crippen molar-refractivity contribution in [3.05, 3.63) is 48.0 Å². The van der Waals surface area contributed by atoms with Gasteiger partial charge in [-0.15, -0.1) is 12.4 Å². The molecule has 0 bridgehead atoms. The molecule has 0 heterocycles. The van der Waals surface area contributed by atoms with Crippen LogP contribution in [0.3, 0.4) is 0 Å². The molecule has 0 saturated heterocycles. The molecule has 1 aliphatic rings. The van der Waals surface area contributed by atoms with Crippen LogP contribution >= 0.6 is 12.4 Å². The molecule has 0 aliphatic heterocycles. The highest BCUT2D eigenvalue weighted by molar-refractivity contribution is 5.91. The highest BCUT2D eigenvalue weighted by Gasteiger charge is 2.31. The van der Waals surface area contributed by atoms with Crippen LogP contribution in [0.15, 0.2) is 42.5 Å². The first-order valence-corrected chi connectivity index (χ1v) is 8.40. The molecule has 4 N–H and O–H groups in total. The number of rotatable bonds is 7. The molecule has 1 fully saturated rings. The fraction of sp³-hybridized carbons (Fsp3) is 0.368. The van der Waals surface area contributed by atoms with Crippen LogP contribution in [0.4, 0.5) is 0 Å². The fourth-order valence-corrected chi connectivity index (χ4v) is 2.99.